The summed E-state index contributed by atoms with van der Waals surface area (Å²) in [7, 11) is 0. The molecule has 0 unspecified atom stereocenters. The fourth-order valence-electron chi connectivity index (χ4n) is 3.11. The summed E-state index contributed by atoms with van der Waals surface area (Å²) in [5.41, 5.74) is 2.88. The van der Waals surface area contributed by atoms with Gasteiger partial charge < -0.3 is 5.32 Å². The van der Waals surface area contributed by atoms with E-state index in [9.17, 15) is 0 Å². The van der Waals surface area contributed by atoms with E-state index in [4.69, 9.17) is 11.6 Å². The lowest BCUT2D eigenvalue weighted by Gasteiger charge is -2.25. The normalized spacial score (nSPS) is 21.1. The molecule has 2 heteroatoms. The Morgan fingerprint density at radius 2 is 1.75 bits per heavy atom. The highest BCUT2D eigenvalue weighted by Gasteiger charge is 2.23. The number of nitrogens with one attached hydrogen (secondary N) is 1. The molecule has 2 aliphatic carbocycles. The maximum atomic E-state index is 5.97. The average molecular weight is 290 g/mol. The molecule has 1 aromatic carbocycles. The summed E-state index contributed by atoms with van der Waals surface area (Å²) in [6, 6.07) is 9.01. The van der Waals surface area contributed by atoms with Gasteiger partial charge in [0.05, 0.1) is 0 Å². The molecule has 0 amide bonds. The van der Waals surface area contributed by atoms with Gasteiger partial charge in [-0.05, 0) is 49.3 Å². The van der Waals surface area contributed by atoms with Crippen LogP contribution in [0.4, 0.5) is 0 Å². The zero-order valence-corrected chi connectivity index (χ0v) is 12.8. The Kier molecular flexibility index (Phi) is 4.80. The van der Waals surface area contributed by atoms with E-state index in [0.717, 1.165) is 23.5 Å². The van der Waals surface area contributed by atoms with Crippen molar-refractivity contribution in [3.05, 3.63) is 40.4 Å². The summed E-state index contributed by atoms with van der Waals surface area (Å²) in [4.78, 5) is 0. The van der Waals surface area contributed by atoms with E-state index >= 15 is 0 Å². The third-order valence-corrected chi connectivity index (χ3v) is 4.78. The van der Waals surface area contributed by atoms with Gasteiger partial charge in [0.1, 0.15) is 0 Å². The highest BCUT2D eigenvalue weighted by molar-refractivity contribution is 6.30. The molecule has 3 rings (SSSR count). The highest BCUT2D eigenvalue weighted by atomic mass is 35.5. The Morgan fingerprint density at radius 3 is 2.40 bits per heavy atom. The standard InChI is InChI=1S/C18H24ClN/c19-17-8-6-14(7-9-17)12-16(13-20-18-10-11-18)15-4-2-1-3-5-15/h6-9,12,15,18,20H,1-5,10-11,13H2/b16-12-. The van der Waals surface area contributed by atoms with Gasteiger partial charge in [-0.25, -0.2) is 0 Å². The zero-order valence-electron chi connectivity index (χ0n) is 12.1. The van der Waals surface area contributed by atoms with Crippen molar-refractivity contribution in [3.63, 3.8) is 0 Å². The van der Waals surface area contributed by atoms with Crippen LogP contribution in [0.3, 0.4) is 0 Å². The van der Waals surface area contributed by atoms with Crippen LogP contribution in [0.5, 0.6) is 0 Å². The van der Waals surface area contributed by atoms with Crippen molar-refractivity contribution in [2.45, 2.75) is 51.0 Å². The lowest BCUT2D eigenvalue weighted by molar-refractivity contribution is 0.396. The minimum absolute atomic E-state index is 0.783. The van der Waals surface area contributed by atoms with Crippen molar-refractivity contribution in [1.82, 2.24) is 5.32 Å². The van der Waals surface area contributed by atoms with Crippen LogP contribution in [0.2, 0.25) is 5.02 Å². The Labute approximate surface area is 127 Å². The molecule has 108 valence electrons. The third-order valence-electron chi connectivity index (χ3n) is 4.52. The van der Waals surface area contributed by atoms with Gasteiger partial charge in [-0.2, -0.15) is 0 Å². The molecular formula is C18H24ClN. The van der Waals surface area contributed by atoms with Crippen molar-refractivity contribution in [2.75, 3.05) is 6.54 Å². The third kappa shape index (κ3) is 4.10. The molecule has 0 heterocycles. The summed E-state index contributed by atoms with van der Waals surface area (Å²) in [6.07, 6.45) is 12.1. The minimum atomic E-state index is 0.783. The number of benzene rings is 1. The van der Waals surface area contributed by atoms with E-state index in [1.54, 1.807) is 5.57 Å². The number of rotatable bonds is 5. The molecular weight excluding hydrogens is 266 g/mol. The van der Waals surface area contributed by atoms with E-state index in [1.807, 2.05) is 12.1 Å². The van der Waals surface area contributed by atoms with Crippen molar-refractivity contribution >= 4 is 17.7 Å². The fourth-order valence-corrected chi connectivity index (χ4v) is 3.24. The van der Waals surface area contributed by atoms with Gasteiger partial charge in [0.2, 0.25) is 0 Å². The van der Waals surface area contributed by atoms with Crippen molar-refractivity contribution in [3.8, 4) is 0 Å². The molecule has 0 aliphatic heterocycles. The monoisotopic (exact) mass is 289 g/mol. The Bertz CT molecular complexity index is 453. The summed E-state index contributed by atoms with van der Waals surface area (Å²) in [6.45, 7) is 1.07. The number of hydrogen-bond acceptors (Lipinski definition) is 1. The zero-order chi connectivity index (χ0) is 13.8. The quantitative estimate of drug-likeness (QED) is 0.799. The number of halogens is 1. The molecule has 0 radical (unpaired) electrons. The second kappa shape index (κ2) is 6.78. The van der Waals surface area contributed by atoms with Crippen LogP contribution < -0.4 is 5.32 Å². The molecule has 2 fully saturated rings. The summed E-state index contributed by atoms with van der Waals surface area (Å²) in [5, 5.41) is 4.51. The van der Waals surface area contributed by atoms with E-state index in [-0.39, 0.29) is 0 Å². The van der Waals surface area contributed by atoms with Crippen molar-refractivity contribution in [1.29, 1.82) is 0 Å². The largest absolute Gasteiger partial charge is 0.310 e. The van der Waals surface area contributed by atoms with E-state index in [1.165, 1.54) is 50.5 Å². The molecule has 2 aliphatic rings. The van der Waals surface area contributed by atoms with Crippen LogP contribution in [-0.4, -0.2) is 12.6 Å². The first-order valence-electron chi connectivity index (χ1n) is 8.01. The Balaban J connectivity index is 1.73. The second-order valence-corrected chi connectivity index (χ2v) is 6.70. The predicted octanol–water partition coefficient (Wildman–Crippen LogP) is 5.06. The predicted molar refractivity (Wildman–Crippen MR) is 87.0 cm³/mol. The lowest BCUT2D eigenvalue weighted by atomic mass is 9.83. The molecule has 1 N–H and O–H groups in total. The number of hydrogen-bond donors (Lipinski definition) is 1. The topological polar surface area (TPSA) is 12.0 Å². The molecule has 0 atom stereocenters. The molecule has 0 bridgehead atoms. The lowest BCUT2D eigenvalue weighted by Crippen LogP contribution is -2.23. The van der Waals surface area contributed by atoms with Crippen LogP contribution in [0.15, 0.2) is 29.8 Å². The van der Waals surface area contributed by atoms with E-state index < -0.39 is 0 Å². The average Bonchev–Trinajstić information content (AvgIpc) is 3.31. The van der Waals surface area contributed by atoms with Crippen molar-refractivity contribution in [2.24, 2.45) is 5.92 Å². The summed E-state index contributed by atoms with van der Waals surface area (Å²) < 4.78 is 0. The van der Waals surface area contributed by atoms with Gasteiger partial charge in [-0.1, -0.05) is 54.6 Å². The molecule has 0 spiro atoms. The van der Waals surface area contributed by atoms with Crippen molar-refractivity contribution < 1.29 is 0 Å². The Hall–Kier alpha value is -0.790. The van der Waals surface area contributed by atoms with Gasteiger partial charge >= 0.3 is 0 Å². The molecule has 20 heavy (non-hydrogen) atoms. The van der Waals surface area contributed by atoms with Gasteiger partial charge in [-0.3, -0.25) is 0 Å². The fraction of sp³-hybridized carbons (Fsp3) is 0.556. The molecule has 0 saturated heterocycles. The molecule has 1 nitrogen and oxygen atoms in total. The smallest absolute Gasteiger partial charge is 0.0406 e. The molecule has 0 aromatic heterocycles. The van der Waals surface area contributed by atoms with E-state index in [2.05, 4.69) is 23.5 Å². The van der Waals surface area contributed by atoms with Gasteiger partial charge in [0, 0.05) is 17.6 Å². The Morgan fingerprint density at radius 1 is 1.05 bits per heavy atom. The van der Waals surface area contributed by atoms with Crippen LogP contribution in [0.25, 0.3) is 6.08 Å². The molecule has 2 saturated carbocycles. The van der Waals surface area contributed by atoms with Gasteiger partial charge in [0.15, 0.2) is 0 Å². The minimum Gasteiger partial charge on any atom is -0.310 e. The summed E-state index contributed by atoms with van der Waals surface area (Å²) >= 11 is 5.97. The first-order valence-corrected chi connectivity index (χ1v) is 8.38. The van der Waals surface area contributed by atoms with Gasteiger partial charge in [-0.15, -0.1) is 0 Å². The summed E-state index contributed by atoms with van der Waals surface area (Å²) in [5.74, 6) is 0.783. The highest BCUT2D eigenvalue weighted by Crippen LogP contribution is 2.31. The first kappa shape index (κ1) is 14.2. The van der Waals surface area contributed by atoms with Crippen LogP contribution in [-0.2, 0) is 0 Å². The van der Waals surface area contributed by atoms with Crippen LogP contribution in [0, 0.1) is 5.92 Å². The second-order valence-electron chi connectivity index (χ2n) is 6.26. The SMILES string of the molecule is Clc1ccc(/C=C(/CNC2CC2)C2CCCCC2)cc1. The van der Waals surface area contributed by atoms with Crippen LogP contribution in [0.1, 0.15) is 50.5 Å². The molecule has 1 aromatic rings. The maximum absolute atomic E-state index is 5.97. The van der Waals surface area contributed by atoms with Gasteiger partial charge in [0.25, 0.3) is 0 Å². The first-order chi connectivity index (χ1) is 9.81. The maximum Gasteiger partial charge on any atom is 0.0406 e. The van der Waals surface area contributed by atoms with Crippen LogP contribution >= 0.6 is 11.6 Å². The van der Waals surface area contributed by atoms with E-state index in [0.29, 0.717) is 0 Å².